The smallest absolute Gasteiger partial charge is 0.305 e. The van der Waals surface area contributed by atoms with Gasteiger partial charge in [0.25, 0.3) is 0 Å². The van der Waals surface area contributed by atoms with E-state index in [9.17, 15) is 9.59 Å². The average Bonchev–Trinajstić information content (AvgIpc) is 1.24. The molecule has 1 aliphatic rings. The summed E-state index contributed by atoms with van der Waals surface area (Å²) in [6.07, 6.45) is 98.2. The highest BCUT2D eigenvalue weighted by Gasteiger charge is 2.48. The second kappa shape index (κ2) is 67.8. The van der Waals surface area contributed by atoms with Crippen molar-refractivity contribution in [1.82, 2.24) is 0 Å². The van der Waals surface area contributed by atoms with E-state index in [2.05, 4.69) is 27.7 Å². The van der Waals surface area contributed by atoms with Crippen molar-refractivity contribution in [1.29, 1.82) is 0 Å². The maximum absolute atomic E-state index is 13.0. The molecule has 0 aromatic heterocycles. The fraction of sp³-hybridized carbons (Fsp3) is 0.976. The van der Waals surface area contributed by atoms with Crippen LogP contribution in [0.1, 0.15) is 496 Å². The molecule has 518 valence electrons. The molecular weight excluding hydrogens is 1060 g/mol. The van der Waals surface area contributed by atoms with Gasteiger partial charge in [-0.1, -0.05) is 419 Å². The summed E-state index contributed by atoms with van der Waals surface area (Å²) in [7, 11) is 0. The van der Waals surface area contributed by atoms with Crippen LogP contribution >= 0.6 is 0 Å². The minimum atomic E-state index is 0.0435. The number of rotatable bonds is 65. The molecule has 0 heterocycles. The molecular formula is C83H162O4. The van der Waals surface area contributed by atoms with Crippen LogP contribution in [0.5, 0.6) is 0 Å². The van der Waals surface area contributed by atoms with Crippen LogP contribution in [0.15, 0.2) is 0 Å². The number of hydrogen-bond donors (Lipinski definition) is 0. The molecule has 0 N–H and O–H groups in total. The minimum Gasteiger partial charge on any atom is -0.466 e. The lowest BCUT2D eigenvalue weighted by Crippen LogP contribution is -2.43. The highest BCUT2D eigenvalue weighted by atomic mass is 16.5. The van der Waals surface area contributed by atoms with Gasteiger partial charge in [0.05, 0.1) is 13.2 Å². The van der Waals surface area contributed by atoms with E-state index in [0.29, 0.717) is 36.9 Å². The molecule has 4 nitrogen and oxygen atoms in total. The van der Waals surface area contributed by atoms with E-state index in [1.165, 1.54) is 417 Å². The minimum absolute atomic E-state index is 0.0435. The van der Waals surface area contributed by atoms with E-state index in [4.69, 9.17) is 9.47 Å². The Labute approximate surface area is 548 Å². The Morgan fingerprint density at radius 1 is 0.218 bits per heavy atom. The van der Waals surface area contributed by atoms with Gasteiger partial charge in [-0.3, -0.25) is 9.59 Å². The third-order valence-corrected chi connectivity index (χ3v) is 21.5. The Bertz CT molecular complexity index is 1300. The fourth-order valence-electron chi connectivity index (χ4n) is 15.7. The second-order valence-corrected chi connectivity index (χ2v) is 29.6. The summed E-state index contributed by atoms with van der Waals surface area (Å²) in [6, 6.07) is 0. The predicted octanol–water partition coefficient (Wildman–Crippen LogP) is 29.6. The Morgan fingerprint density at radius 3 is 0.609 bits per heavy atom. The molecule has 0 aromatic rings. The quantitative estimate of drug-likeness (QED) is 0.0450. The lowest BCUT2D eigenvalue weighted by Gasteiger charge is -2.53. The number of esters is 2. The molecule has 0 amide bonds. The molecule has 87 heavy (non-hydrogen) atoms. The van der Waals surface area contributed by atoms with Gasteiger partial charge in [0.1, 0.15) is 0 Å². The summed E-state index contributed by atoms with van der Waals surface area (Å²) in [6.45, 7) is 10.5. The van der Waals surface area contributed by atoms with Crippen molar-refractivity contribution in [3.63, 3.8) is 0 Å². The van der Waals surface area contributed by atoms with Gasteiger partial charge in [-0.05, 0) is 75.0 Å². The first-order valence-electron chi connectivity index (χ1n) is 41.3. The molecule has 0 aromatic carbocycles. The highest BCUT2D eigenvalue weighted by molar-refractivity contribution is 5.69. The maximum Gasteiger partial charge on any atom is 0.305 e. The molecule has 0 spiro atoms. The SMILES string of the molecule is CCCCCCCCCCCCCCCCOC(=O)CCCCCCC1(CCCCCCC(=O)OCCCCCCCCCCCCCCCC)CCCCCCCCCCCCC1(CCCCCCCCCCC)CCCCCCCCCCCC. The van der Waals surface area contributed by atoms with Gasteiger partial charge < -0.3 is 9.47 Å². The molecule has 1 atom stereocenters. The van der Waals surface area contributed by atoms with Crippen LogP contribution in [0.3, 0.4) is 0 Å². The van der Waals surface area contributed by atoms with E-state index in [1.54, 1.807) is 0 Å². The van der Waals surface area contributed by atoms with Gasteiger partial charge in [-0.15, -0.1) is 0 Å². The normalized spacial score (nSPS) is 16.1. The molecule has 4 heteroatoms. The van der Waals surface area contributed by atoms with Gasteiger partial charge in [0, 0.05) is 12.8 Å². The predicted molar refractivity (Wildman–Crippen MR) is 387 cm³/mol. The monoisotopic (exact) mass is 1220 g/mol. The van der Waals surface area contributed by atoms with Gasteiger partial charge in [-0.2, -0.15) is 0 Å². The third-order valence-electron chi connectivity index (χ3n) is 21.5. The molecule has 1 unspecified atom stereocenters. The molecule has 1 saturated carbocycles. The van der Waals surface area contributed by atoms with Crippen LogP contribution in [-0.2, 0) is 19.1 Å². The fourth-order valence-corrected chi connectivity index (χ4v) is 15.7. The summed E-state index contributed by atoms with van der Waals surface area (Å²) < 4.78 is 11.7. The maximum atomic E-state index is 13.0. The largest absolute Gasteiger partial charge is 0.466 e. The van der Waals surface area contributed by atoms with Crippen molar-refractivity contribution in [2.75, 3.05) is 13.2 Å². The molecule has 1 fully saturated rings. The first kappa shape index (κ1) is 84.0. The number of carbonyl (C=O) groups excluding carboxylic acids is 2. The zero-order valence-corrected chi connectivity index (χ0v) is 60.7. The van der Waals surface area contributed by atoms with Crippen LogP contribution in [0, 0.1) is 10.8 Å². The lowest BCUT2D eigenvalue weighted by atomic mass is 9.51. The number of hydrogen-bond acceptors (Lipinski definition) is 4. The summed E-state index contributed by atoms with van der Waals surface area (Å²) in [5, 5.41) is 0. The van der Waals surface area contributed by atoms with E-state index in [1.807, 2.05) is 0 Å². The van der Waals surface area contributed by atoms with Crippen LogP contribution < -0.4 is 0 Å². The van der Waals surface area contributed by atoms with E-state index in [0.717, 1.165) is 38.5 Å². The van der Waals surface area contributed by atoms with Crippen molar-refractivity contribution in [3.8, 4) is 0 Å². The third kappa shape index (κ3) is 54.1. The van der Waals surface area contributed by atoms with E-state index < -0.39 is 0 Å². The molecule has 0 bridgehead atoms. The molecule has 0 aliphatic heterocycles. The van der Waals surface area contributed by atoms with Crippen molar-refractivity contribution < 1.29 is 19.1 Å². The number of ether oxygens (including phenoxy) is 2. The van der Waals surface area contributed by atoms with Gasteiger partial charge in [-0.25, -0.2) is 0 Å². The molecule has 1 rings (SSSR count). The van der Waals surface area contributed by atoms with E-state index in [-0.39, 0.29) is 11.9 Å². The Balaban J connectivity index is 3.04. The molecule has 1 aliphatic carbocycles. The van der Waals surface area contributed by atoms with Crippen LogP contribution in [0.25, 0.3) is 0 Å². The van der Waals surface area contributed by atoms with Crippen molar-refractivity contribution in [3.05, 3.63) is 0 Å². The van der Waals surface area contributed by atoms with Crippen LogP contribution in [0.4, 0.5) is 0 Å². The first-order valence-corrected chi connectivity index (χ1v) is 41.3. The van der Waals surface area contributed by atoms with Crippen LogP contribution in [-0.4, -0.2) is 25.2 Å². The number of carbonyl (C=O) groups is 2. The topological polar surface area (TPSA) is 52.6 Å². The van der Waals surface area contributed by atoms with Crippen LogP contribution in [0.2, 0.25) is 0 Å². The first-order chi connectivity index (χ1) is 43.0. The average molecular weight is 1220 g/mol. The Hall–Kier alpha value is -1.06. The lowest BCUT2D eigenvalue weighted by molar-refractivity contribution is -0.144. The zero-order chi connectivity index (χ0) is 62.6. The summed E-state index contributed by atoms with van der Waals surface area (Å²) in [5.41, 5.74) is 0.808. The standard InChI is InChI=1S/C83H162O4/c1-5-9-13-17-21-25-28-30-32-36-42-48-58-68-78-86-80(84)70-60-50-56-66-76-83(77-67-57-51-61-71-81(85)87-79-69-59-49-43-37-33-31-29-26-22-18-14-10-6-2)75-65-55-47-41-35-34-40-46-54-64-74-82(83,72-62-52-44-38-24-20-16-12-8-4)73-63-53-45-39-27-23-19-15-11-7-3/h5-79H2,1-4H3. The zero-order valence-electron chi connectivity index (χ0n) is 60.7. The molecule has 0 saturated heterocycles. The molecule has 0 radical (unpaired) electrons. The summed E-state index contributed by atoms with van der Waals surface area (Å²) >= 11 is 0. The Morgan fingerprint density at radius 2 is 0.391 bits per heavy atom. The van der Waals surface area contributed by atoms with Crippen molar-refractivity contribution >= 4 is 11.9 Å². The van der Waals surface area contributed by atoms with E-state index >= 15 is 0 Å². The Kier molecular flexibility index (Phi) is 65.4. The van der Waals surface area contributed by atoms with Gasteiger partial charge in [0.15, 0.2) is 0 Å². The summed E-state index contributed by atoms with van der Waals surface area (Å²) in [5.74, 6) is 0.0870. The highest BCUT2D eigenvalue weighted by Crippen LogP contribution is 2.59. The van der Waals surface area contributed by atoms with Gasteiger partial charge >= 0.3 is 11.9 Å². The summed E-state index contributed by atoms with van der Waals surface area (Å²) in [4.78, 5) is 26.0. The number of unbranched alkanes of at least 4 members (excludes halogenated alkanes) is 49. The second-order valence-electron chi connectivity index (χ2n) is 29.6. The van der Waals surface area contributed by atoms with Gasteiger partial charge in [0.2, 0.25) is 0 Å². The van der Waals surface area contributed by atoms with Crippen molar-refractivity contribution in [2.45, 2.75) is 496 Å². The van der Waals surface area contributed by atoms with Crippen molar-refractivity contribution in [2.24, 2.45) is 10.8 Å².